The lowest BCUT2D eigenvalue weighted by molar-refractivity contribution is -0.141. The Labute approximate surface area is 111 Å². The number of amides is 2. The van der Waals surface area contributed by atoms with E-state index < -0.39 is 11.9 Å². The number of nitrogens with zero attached hydrogens (tertiary/aromatic N) is 2. The van der Waals surface area contributed by atoms with Crippen LogP contribution in [-0.2, 0) is 11.2 Å². The summed E-state index contributed by atoms with van der Waals surface area (Å²) in [5, 5.41) is 20.5. The minimum absolute atomic E-state index is 0.136. The highest BCUT2D eigenvalue weighted by Crippen LogP contribution is 2.04. The van der Waals surface area contributed by atoms with Crippen LogP contribution in [0.15, 0.2) is 6.33 Å². The standard InChI is InChI=1S/C11H19N5O3/c1-2-3-8(10(17)18)6-13-11(19)12-5-4-9-14-7-15-16-9/h7-8H,2-6H2,1H3,(H,17,18)(H2,12,13,19)(H,14,15,16). The van der Waals surface area contributed by atoms with Gasteiger partial charge in [0.2, 0.25) is 0 Å². The number of aromatic nitrogens is 3. The van der Waals surface area contributed by atoms with Gasteiger partial charge in [-0.05, 0) is 6.42 Å². The Bertz CT molecular complexity index is 393. The van der Waals surface area contributed by atoms with Gasteiger partial charge in [0.25, 0.3) is 0 Å². The van der Waals surface area contributed by atoms with Crippen molar-refractivity contribution in [1.29, 1.82) is 0 Å². The lowest BCUT2D eigenvalue weighted by atomic mass is 10.0. The number of carboxylic acids is 1. The number of hydrogen-bond acceptors (Lipinski definition) is 4. The molecule has 1 aromatic rings. The van der Waals surface area contributed by atoms with Crippen molar-refractivity contribution >= 4 is 12.0 Å². The van der Waals surface area contributed by atoms with Crippen LogP contribution in [0.25, 0.3) is 0 Å². The van der Waals surface area contributed by atoms with Gasteiger partial charge in [-0.3, -0.25) is 9.89 Å². The van der Waals surface area contributed by atoms with Crippen LogP contribution in [0.1, 0.15) is 25.6 Å². The number of nitrogens with one attached hydrogen (secondary N) is 3. The van der Waals surface area contributed by atoms with Gasteiger partial charge >= 0.3 is 12.0 Å². The lowest BCUT2D eigenvalue weighted by Crippen LogP contribution is -2.40. The first-order chi connectivity index (χ1) is 9.13. The van der Waals surface area contributed by atoms with E-state index in [4.69, 9.17) is 5.11 Å². The molecule has 0 aliphatic carbocycles. The van der Waals surface area contributed by atoms with Gasteiger partial charge in [-0.2, -0.15) is 5.10 Å². The average molecular weight is 269 g/mol. The Morgan fingerprint density at radius 1 is 1.47 bits per heavy atom. The monoisotopic (exact) mass is 269 g/mol. The molecule has 8 heteroatoms. The smallest absolute Gasteiger partial charge is 0.314 e. The summed E-state index contributed by atoms with van der Waals surface area (Å²) < 4.78 is 0. The molecule has 106 valence electrons. The first-order valence-electron chi connectivity index (χ1n) is 6.22. The van der Waals surface area contributed by atoms with Gasteiger partial charge in [-0.15, -0.1) is 0 Å². The quantitative estimate of drug-likeness (QED) is 0.535. The molecule has 1 aromatic heterocycles. The first kappa shape index (κ1) is 14.9. The molecule has 1 rings (SSSR count). The number of aromatic amines is 1. The Balaban J connectivity index is 2.17. The fourth-order valence-electron chi connectivity index (χ4n) is 1.59. The third kappa shape index (κ3) is 5.84. The summed E-state index contributed by atoms with van der Waals surface area (Å²) in [6.07, 6.45) is 3.27. The molecule has 8 nitrogen and oxygen atoms in total. The molecule has 0 bridgehead atoms. The molecule has 0 saturated heterocycles. The van der Waals surface area contributed by atoms with Crippen LogP contribution in [0.2, 0.25) is 0 Å². The third-order valence-electron chi connectivity index (χ3n) is 2.61. The van der Waals surface area contributed by atoms with E-state index in [1.165, 1.54) is 6.33 Å². The molecule has 0 spiro atoms. The van der Waals surface area contributed by atoms with E-state index in [0.717, 1.165) is 6.42 Å². The molecule has 0 aliphatic rings. The minimum atomic E-state index is -0.885. The van der Waals surface area contributed by atoms with Gasteiger partial charge in [0.15, 0.2) is 0 Å². The van der Waals surface area contributed by atoms with Crippen molar-refractivity contribution in [1.82, 2.24) is 25.8 Å². The minimum Gasteiger partial charge on any atom is -0.481 e. The summed E-state index contributed by atoms with van der Waals surface area (Å²) in [6, 6.07) is -0.373. The summed E-state index contributed by atoms with van der Waals surface area (Å²) in [4.78, 5) is 26.2. The van der Waals surface area contributed by atoms with Gasteiger partial charge in [0.1, 0.15) is 12.2 Å². The van der Waals surface area contributed by atoms with Crippen LogP contribution in [0, 0.1) is 5.92 Å². The van der Waals surface area contributed by atoms with Crippen LogP contribution in [0.4, 0.5) is 4.79 Å². The molecule has 1 atom stereocenters. The van der Waals surface area contributed by atoms with Crippen molar-refractivity contribution in [2.75, 3.05) is 13.1 Å². The Hall–Kier alpha value is -2.12. The van der Waals surface area contributed by atoms with Crippen LogP contribution in [0.5, 0.6) is 0 Å². The van der Waals surface area contributed by atoms with Gasteiger partial charge in [0.05, 0.1) is 5.92 Å². The molecule has 0 fully saturated rings. The number of urea groups is 1. The normalized spacial score (nSPS) is 11.8. The maximum Gasteiger partial charge on any atom is 0.314 e. The zero-order chi connectivity index (χ0) is 14.1. The summed E-state index contributed by atoms with van der Waals surface area (Å²) >= 11 is 0. The Morgan fingerprint density at radius 2 is 2.26 bits per heavy atom. The number of carbonyl (C=O) groups is 2. The molecule has 0 aliphatic heterocycles. The lowest BCUT2D eigenvalue weighted by Gasteiger charge is -2.12. The molecule has 19 heavy (non-hydrogen) atoms. The predicted molar refractivity (Wildman–Crippen MR) is 67.5 cm³/mol. The van der Waals surface area contributed by atoms with Crippen molar-refractivity contribution in [2.45, 2.75) is 26.2 Å². The summed E-state index contributed by atoms with van der Waals surface area (Å²) in [5.74, 6) is -0.733. The van der Waals surface area contributed by atoms with Crippen LogP contribution in [0.3, 0.4) is 0 Å². The van der Waals surface area contributed by atoms with Crippen molar-refractivity contribution in [2.24, 2.45) is 5.92 Å². The van der Waals surface area contributed by atoms with Gasteiger partial charge in [0, 0.05) is 19.5 Å². The maximum atomic E-state index is 11.4. The van der Waals surface area contributed by atoms with E-state index >= 15 is 0 Å². The fraction of sp³-hybridized carbons (Fsp3) is 0.636. The molecular weight excluding hydrogens is 250 g/mol. The fourth-order valence-corrected chi connectivity index (χ4v) is 1.59. The molecule has 4 N–H and O–H groups in total. The molecule has 2 amide bonds. The zero-order valence-electron chi connectivity index (χ0n) is 10.8. The maximum absolute atomic E-state index is 11.4. The largest absolute Gasteiger partial charge is 0.481 e. The summed E-state index contributed by atoms with van der Waals surface area (Å²) in [7, 11) is 0. The second kappa shape index (κ2) is 8.06. The average Bonchev–Trinajstić information content (AvgIpc) is 2.87. The molecular formula is C11H19N5O3. The van der Waals surface area contributed by atoms with Crippen LogP contribution >= 0.6 is 0 Å². The van der Waals surface area contributed by atoms with Crippen LogP contribution < -0.4 is 10.6 Å². The van der Waals surface area contributed by atoms with E-state index in [1.54, 1.807) is 0 Å². The molecule has 0 radical (unpaired) electrons. The number of hydrogen-bond donors (Lipinski definition) is 4. The number of H-pyrrole nitrogens is 1. The second-order valence-corrected chi connectivity index (χ2v) is 4.14. The molecule has 0 aromatic carbocycles. The van der Waals surface area contributed by atoms with E-state index in [1.807, 2.05) is 6.92 Å². The van der Waals surface area contributed by atoms with Crippen molar-refractivity contribution in [3.8, 4) is 0 Å². The number of carbonyl (C=O) groups excluding carboxylic acids is 1. The van der Waals surface area contributed by atoms with Crippen molar-refractivity contribution < 1.29 is 14.7 Å². The van der Waals surface area contributed by atoms with Gasteiger partial charge in [-0.1, -0.05) is 13.3 Å². The number of rotatable bonds is 8. The highest BCUT2D eigenvalue weighted by atomic mass is 16.4. The van der Waals surface area contributed by atoms with E-state index in [9.17, 15) is 9.59 Å². The molecule has 1 unspecified atom stereocenters. The number of carboxylic acid groups (broad SMARTS) is 1. The topological polar surface area (TPSA) is 120 Å². The highest BCUT2D eigenvalue weighted by Gasteiger charge is 2.16. The van der Waals surface area contributed by atoms with E-state index in [-0.39, 0.29) is 12.6 Å². The van der Waals surface area contributed by atoms with Gasteiger partial charge < -0.3 is 15.7 Å². The zero-order valence-corrected chi connectivity index (χ0v) is 10.8. The highest BCUT2D eigenvalue weighted by molar-refractivity contribution is 5.75. The molecule has 1 heterocycles. The van der Waals surface area contributed by atoms with Gasteiger partial charge in [-0.25, -0.2) is 9.78 Å². The Kier molecular flexibility index (Phi) is 6.34. The first-order valence-corrected chi connectivity index (χ1v) is 6.22. The van der Waals surface area contributed by atoms with Crippen LogP contribution in [-0.4, -0.2) is 45.4 Å². The van der Waals surface area contributed by atoms with Crippen molar-refractivity contribution in [3.05, 3.63) is 12.2 Å². The third-order valence-corrected chi connectivity index (χ3v) is 2.61. The number of aliphatic carboxylic acids is 1. The Morgan fingerprint density at radius 3 is 2.84 bits per heavy atom. The predicted octanol–water partition coefficient (Wildman–Crippen LogP) is 0.147. The second-order valence-electron chi connectivity index (χ2n) is 4.14. The summed E-state index contributed by atoms with van der Waals surface area (Å²) in [6.45, 7) is 2.46. The summed E-state index contributed by atoms with van der Waals surface area (Å²) in [5.41, 5.74) is 0. The molecule has 0 saturated carbocycles. The van der Waals surface area contributed by atoms with E-state index in [2.05, 4.69) is 25.8 Å². The SMILES string of the molecule is CCCC(CNC(=O)NCCc1ncn[nH]1)C(=O)O. The van der Waals surface area contributed by atoms with E-state index in [0.29, 0.717) is 25.2 Å². The van der Waals surface area contributed by atoms with Crippen molar-refractivity contribution in [3.63, 3.8) is 0 Å².